The molecule has 594 valence electrons. The van der Waals surface area contributed by atoms with Crippen LogP contribution in [0.25, 0.3) is 0 Å². The van der Waals surface area contributed by atoms with Crippen LogP contribution >= 0.6 is 0 Å². The molecule has 0 aromatic heterocycles. The lowest BCUT2D eigenvalue weighted by Crippen LogP contribution is -2.73. The van der Waals surface area contributed by atoms with E-state index >= 15 is 0 Å². The van der Waals surface area contributed by atoms with Gasteiger partial charge in [0.1, 0.15) is 85.5 Å². The number of aliphatic hydroxyl groups is 14. The summed E-state index contributed by atoms with van der Waals surface area (Å²) in [6, 6.07) is -4.85. The maximum absolute atomic E-state index is 13.7. The molecule has 32 nitrogen and oxygen atoms in total. The molecule has 0 aliphatic carbocycles. The van der Waals surface area contributed by atoms with Gasteiger partial charge in [0.15, 0.2) is 12.6 Å². The number of nitrogens with one attached hydrogen (secondary N) is 3. The standard InChI is InChI=1S/C70H125N3O29/c1-5-7-9-11-13-15-17-19-20-22-24-26-28-30-32-34-52(85)73-44(45(80)33-31-29-27-25-23-21-18-16-14-12-10-8-6-2)41-95-65-58(89)57(88)61(51(40-77)97-65)98-66-59(90)64(56(87)50(39-76)96-66)102-70(68(93)94)36-47(82)54(72-43(4)79)63(101-70)60(49(84)38-75)99-69(67(91)92)35-46(81)53(71-42(3)78)62(100-69)55(86)48(83)37-74/h31,33,44-51,53-66,74-77,80-84,86-90H,5-30,32,34-41H2,1-4H3,(H,71,78)(H,72,79)(H,73,85)(H,91,92)(H,93,94)/b33-31-/t44-,45+,46-,47-,48+,49+,50+,51+,53+,54+,55+,56-,57+,58+,59+,60+,61+,62+,63+,64-,65+,66-,69+,70-/m0/s1. The van der Waals surface area contributed by atoms with Crippen molar-refractivity contribution >= 4 is 29.7 Å². The molecule has 0 unspecified atom stereocenters. The van der Waals surface area contributed by atoms with Crippen molar-refractivity contribution < 1.29 is 144 Å². The minimum Gasteiger partial charge on any atom is -0.477 e. The Kier molecular flexibility index (Phi) is 42.5. The summed E-state index contributed by atoms with van der Waals surface area (Å²) >= 11 is 0. The fraction of sp³-hybridized carbons (Fsp3) is 0.900. The number of carbonyl (C=O) groups excluding carboxylic acids is 3. The Balaban J connectivity index is 1.53. The van der Waals surface area contributed by atoms with Gasteiger partial charge in [0.05, 0.1) is 69.5 Å². The van der Waals surface area contributed by atoms with Crippen molar-refractivity contribution in [3.8, 4) is 0 Å². The Morgan fingerprint density at radius 3 is 1.45 bits per heavy atom. The van der Waals surface area contributed by atoms with E-state index in [1.807, 2.05) is 6.08 Å². The molecule has 0 bridgehead atoms. The molecule has 4 aliphatic heterocycles. The molecule has 32 heteroatoms. The van der Waals surface area contributed by atoms with Gasteiger partial charge in [-0.15, -0.1) is 0 Å². The predicted octanol–water partition coefficient (Wildman–Crippen LogP) is 0.339. The Bertz CT molecular complexity index is 2410. The Morgan fingerprint density at radius 1 is 0.529 bits per heavy atom. The van der Waals surface area contributed by atoms with Gasteiger partial charge in [-0.1, -0.05) is 180 Å². The molecule has 19 N–H and O–H groups in total. The van der Waals surface area contributed by atoms with E-state index in [-0.39, 0.29) is 12.3 Å². The molecule has 4 rings (SSSR count). The smallest absolute Gasteiger partial charge is 0.364 e. The van der Waals surface area contributed by atoms with Gasteiger partial charge in [0.2, 0.25) is 17.7 Å². The zero-order chi connectivity index (χ0) is 75.5. The van der Waals surface area contributed by atoms with Crippen LogP contribution in [0, 0.1) is 0 Å². The predicted molar refractivity (Wildman–Crippen MR) is 363 cm³/mol. The molecule has 4 saturated heterocycles. The minimum atomic E-state index is -3.45. The van der Waals surface area contributed by atoms with Gasteiger partial charge in [-0.2, -0.15) is 0 Å². The highest BCUT2D eigenvalue weighted by atomic mass is 16.8. The van der Waals surface area contributed by atoms with Gasteiger partial charge in [-0.3, -0.25) is 14.4 Å². The molecule has 0 aromatic rings. The number of aliphatic carboxylic acids is 2. The number of carbonyl (C=O) groups is 5. The first-order valence-corrected chi connectivity index (χ1v) is 37.2. The largest absolute Gasteiger partial charge is 0.477 e. The summed E-state index contributed by atoms with van der Waals surface area (Å²) in [6.07, 6.45) is -9.10. The van der Waals surface area contributed by atoms with E-state index in [1.165, 1.54) is 109 Å². The molecule has 4 fully saturated rings. The van der Waals surface area contributed by atoms with Gasteiger partial charge in [0.25, 0.3) is 11.6 Å². The van der Waals surface area contributed by atoms with Crippen molar-refractivity contribution in [2.45, 2.75) is 366 Å². The summed E-state index contributed by atoms with van der Waals surface area (Å²) in [5, 5.41) is 185. The number of hydrogen-bond donors (Lipinski definition) is 19. The number of ether oxygens (including phenoxy) is 8. The Morgan fingerprint density at radius 2 is 0.980 bits per heavy atom. The number of amides is 3. The zero-order valence-electron chi connectivity index (χ0n) is 60.1. The van der Waals surface area contributed by atoms with Crippen molar-refractivity contribution in [1.82, 2.24) is 16.0 Å². The number of allylic oxidation sites excluding steroid dienone is 1. The summed E-state index contributed by atoms with van der Waals surface area (Å²) in [5.74, 6) is -13.4. The van der Waals surface area contributed by atoms with Crippen LogP contribution in [0.1, 0.15) is 220 Å². The molecule has 24 atom stereocenters. The van der Waals surface area contributed by atoms with Gasteiger partial charge < -0.3 is 136 Å². The normalized spacial score (nSPS) is 31.7. The van der Waals surface area contributed by atoms with Crippen molar-refractivity contribution in [3.05, 3.63) is 12.2 Å². The van der Waals surface area contributed by atoms with Crippen LogP contribution in [0.5, 0.6) is 0 Å². The first kappa shape index (κ1) is 90.6. The second kappa shape index (κ2) is 47.8. The average molecular weight is 1470 g/mol. The molecule has 0 spiro atoms. The fourth-order valence-electron chi connectivity index (χ4n) is 13.5. The van der Waals surface area contributed by atoms with Crippen molar-refractivity contribution in [1.29, 1.82) is 0 Å². The molecule has 3 amide bonds. The molecule has 0 radical (unpaired) electrons. The van der Waals surface area contributed by atoms with Crippen LogP contribution in [0.3, 0.4) is 0 Å². The summed E-state index contributed by atoms with van der Waals surface area (Å²) in [5.41, 5.74) is 0. The van der Waals surface area contributed by atoms with Gasteiger partial charge >= 0.3 is 11.9 Å². The van der Waals surface area contributed by atoms with Crippen molar-refractivity contribution in [3.63, 3.8) is 0 Å². The van der Waals surface area contributed by atoms with Crippen LogP contribution < -0.4 is 16.0 Å². The summed E-state index contributed by atoms with van der Waals surface area (Å²) < 4.78 is 46.9. The molecule has 102 heavy (non-hydrogen) atoms. The maximum Gasteiger partial charge on any atom is 0.364 e. The second-order valence-electron chi connectivity index (χ2n) is 27.9. The third-order valence-electron chi connectivity index (χ3n) is 19.4. The lowest BCUT2D eigenvalue weighted by Gasteiger charge is -2.52. The lowest BCUT2D eigenvalue weighted by atomic mass is 9.86. The topological polar surface area (TPSA) is 519 Å². The number of carboxylic acids is 2. The van der Waals surface area contributed by atoms with E-state index < -0.39 is 216 Å². The molecule has 4 aliphatic rings. The summed E-state index contributed by atoms with van der Waals surface area (Å²) in [7, 11) is 0. The second-order valence-corrected chi connectivity index (χ2v) is 27.9. The zero-order valence-corrected chi connectivity index (χ0v) is 60.1. The molecule has 0 saturated carbocycles. The highest BCUT2D eigenvalue weighted by Crippen LogP contribution is 2.42. The first-order chi connectivity index (χ1) is 48.7. The number of unbranched alkanes of at least 4 members (excludes halogenated alkanes) is 25. The van der Waals surface area contributed by atoms with Crippen LogP contribution in [0.4, 0.5) is 0 Å². The van der Waals surface area contributed by atoms with E-state index in [2.05, 4.69) is 29.8 Å². The average Bonchev–Trinajstić information content (AvgIpc) is 0.747. The molecular formula is C70H125N3O29. The first-order valence-electron chi connectivity index (χ1n) is 37.2. The number of aliphatic hydroxyl groups excluding tert-OH is 14. The van der Waals surface area contributed by atoms with E-state index in [4.69, 9.17) is 37.9 Å². The number of carboxylic acid groups (broad SMARTS) is 2. The highest BCUT2D eigenvalue weighted by Gasteiger charge is 2.63. The van der Waals surface area contributed by atoms with E-state index in [1.54, 1.807) is 6.08 Å². The van der Waals surface area contributed by atoms with Gasteiger partial charge in [-0.25, -0.2) is 9.59 Å². The van der Waals surface area contributed by atoms with Crippen LogP contribution in [-0.4, -0.2) is 290 Å². The van der Waals surface area contributed by atoms with E-state index in [0.717, 1.165) is 65.2 Å². The SMILES string of the molecule is CCCCCCCCCCCCC/C=C\[C@@H](O)[C@H](CO[C@@H]1O[C@H](CO)[C@@H](O[C@@H]2O[C@H](CO)[C@H](O)[C@H](O[C@]3(C(=O)O)C[C@H](O)[C@@H](NC(C)=O)[C@H]([C@H](O[C@]4(C(=O)O)C[C@H](O)[C@@H](NC(C)=O)[C@H]([C@H](O)[C@H](O)CO)O4)[C@H](O)CO)O3)[C@H]2O)[C@H](O)[C@H]1O)NC(=O)CCCCCCCCCCCCCCCCC. The Hall–Kier alpha value is -3.79. The van der Waals surface area contributed by atoms with Crippen molar-refractivity contribution in [2.75, 3.05) is 33.0 Å². The maximum atomic E-state index is 13.7. The fourth-order valence-corrected chi connectivity index (χ4v) is 13.5. The highest BCUT2D eigenvalue weighted by molar-refractivity contribution is 5.78. The van der Waals surface area contributed by atoms with E-state index in [0.29, 0.717) is 12.8 Å². The minimum absolute atomic E-state index is 0.151. The van der Waals surface area contributed by atoms with E-state index in [9.17, 15) is 106 Å². The Labute approximate surface area is 598 Å². The molecular weight excluding hydrogens is 1350 g/mol. The van der Waals surface area contributed by atoms with Crippen LogP contribution in [-0.2, 0) is 61.9 Å². The third kappa shape index (κ3) is 28.4. The van der Waals surface area contributed by atoms with Crippen LogP contribution in [0.15, 0.2) is 12.2 Å². The molecule has 4 heterocycles. The van der Waals surface area contributed by atoms with Gasteiger partial charge in [0, 0.05) is 33.1 Å². The lowest BCUT2D eigenvalue weighted by molar-refractivity contribution is -0.393. The van der Waals surface area contributed by atoms with Crippen molar-refractivity contribution in [2.24, 2.45) is 0 Å². The van der Waals surface area contributed by atoms with Crippen LogP contribution in [0.2, 0.25) is 0 Å². The third-order valence-corrected chi connectivity index (χ3v) is 19.4. The monoisotopic (exact) mass is 1470 g/mol. The molecule has 0 aromatic carbocycles. The summed E-state index contributed by atoms with van der Waals surface area (Å²) in [4.78, 5) is 65.5. The number of rotatable bonds is 52. The van der Waals surface area contributed by atoms with Gasteiger partial charge in [-0.05, 0) is 19.3 Å². The number of hydrogen-bond acceptors (Lipinski definition) is 27. The summed E-state index contributed by atoms with van der Waals surface area (Å²) in [6.45, 7) is 1.04. The quantitative estimate of drug-likeness (QED) is 0.0288.